The van der Waals surface area contributed by atoms with Crippen molar-refractivity contribution in [2.75, 3.05) is 6.61 Å². The Labute approximate surface area is 160 Å². The number of hydrogen-bond donors (Lipinski definition) is 1. The van der Waals surface area contributed by atoms with Crippen molar-refractivity contribution in [2.24, 2.45) is 11.3 Å². The number of imidazole rings is 1. The van der Waals surface area contributed by atoms with Gasteiger partial charge in [0.15, 0.2) is 11.3 Å². The molecule has 3 heterocycles. The predicted octanol–water partition coefficient (Wildman–Crippen LogP) is 4.15. The van der Waals surface area contributed by atoms with E-state index in [0.717, 1.165) is 56.1 Å². The fraction of sp³-hybridized carbons (Fsp3) is 0.762. The molecule has 6 heteroatoms. The SMILES string of the molecule is CCc1nc([C@H]2CC[C@@H](C(C)(C)C)CC2)n2nc(C3CCCO3)[nH]c(=O)c12. The van der Waals surface area contributed by atoms with E-state index < -0.39 is 0 Å². The number of aromatic nitrogens is 4. The van der Waals surface area contributed by atoms with Crippen molar-refractivity contribution in [3.63, 3.8) is 0 Å². The van der Waals surface area contributed by atoms with Gasteiger partial charge in [-0.15, -0.1) is 5.10 Å². The van der Waals surface area contributed by atoms with Gasteiger partial charge in [-0.3, -0.25) is 4.79 Å². The number of aromatic amines is 1. The topological polar surface area (TPSA) is 72.3 Å². The standard InChI is InChI=1S/C21H32N4O2/c1-5-15-17-20(26)23-18(16-7-6-12-27-16)24-25(17)19(22-15)13-8-10-14(11-9-13)21(2,3)4/h13-14,16H,5-12H2,1-4H3,(H,23,24,26)/t13-,14+,16?. The number of rotatable bonds is 3. The molecule has 0 amide bonds. The minimum Gasteiger partial charge on any atom is -0.370 e. The maximum atomic E-state index is 12.8. The van der Waals surface area contributed by atoms with Crippen LogP contribution in [0, 0.1) is 11.3 Å². The molecule has 6 nitrogen and oxygen atoms in total. The Balaban J connectivity index is 1.71. The van der Waals surface area contributed by atoms with Crippen LogP contribution in [0.1, 0.15) is 95.6 Å². The Morgan fingerprint density at radius 3 is 2.52 bits per heavy atom. The number of hydrogen-bond acceptors (Lipinski definition) is 4. The minimum atomic E-state index is -0.0981. The lowest BCUT2D eigenvalue weighted by Crippen LogP contribution is -2.26. The van der Waals surface area contributed by atoms with E-state index in [1.807, 2.05) is 4.52 Å². The van der Waals surface area contributed by atoms with E-state index in [9.17, 15) is 4.79 Å². The summed E-state index contributed by atoms with van der Waals surface area (Å²) in [6.07, 6.45) is 7.24. The third-order valence-electron chi connectivity index (χ3n) is 6.50. The van der Waals surface area contributed by atoms with Crippen LogP contribution in [0.5, 0.6) is 0 Å². The lowest BCUT2D eigenvalue weighted by atomic mass is 9.70. The first-order chi connectivity index (χ1) is 12.9. The van der Waals surface area contributed by atoms with Crippen molar-refractivity contribution in [1.82, 2.24) is 19.6 Å². The van der Waals surface area contributed by atoms with Gasteiger partial charge in [-0.05, 0) is 56.3 Å². The quantitative estimate of drug-likeness (QED) is 0.878. The van der Waals surface area contributed by atoms with E-state index in [2.05, 4.69) is 32.7 Å². The van der Waals surface area contributed by atoms with E-state index in [0.29, 0.717) is 22.7 Å². The highest BCUT2D eigenvalue weighted by molar-refractivity contribution is 5.51. The fourth-order valence-corrected chi connectivity index (χ4v) is 4.78. The second kappa shape index (κ2) is 7.04. The lowest BCUT2D eigenvalue weighted by molar-refractivity contribution is 0.103. The zero-order valence-corrected chi connectivity index (χ0v) is 17.0. The van der Waals surface area contributed by atoms with Gasteiger partial charge in [-0.25, -0.2) is 9.50 Å². The van der Waals surface area contributed by atoms with E-state index in [-0.39, 0.29) is 11.7 Å². The molecule has 1 N–H and O–H groups in total. The van der Waals surface area contributed by atoms with Gasteiger partial charge < -0.3 is 9.72 Å². The first-order valence-electron chi connectivity index (χ1n) is 10.5. The van der Waals surface area contributed by atoms with E-state index in [1.54, 1.807) is 0 Å². The summed E-state index contributed by atoms with van der Waals surface area (Å²) in [4.78, 5) is 20.6. The molecule has 0 bridgehead atoms. The molecule has 0 radical (unpaired) electrons. The summed E-state index contributed by atoms with van der Waals surface area (Å²) < 4.78 is 7.59. The molecule has 0 aromatic carbocycles. The molecule has 1 atom stereocenters. The molecule has 148 valence electrons. The summed E-state index contributed by atoms with van der Waals surface area (Å²) in [6.45, 7) is 9.81. The molecule has 1 aliphatic heterocycles. The van der Waals surface area contributed by atoms with Gasteiger partial charge in [-0.2, -0.15) is 0 Å². The normalized spacial score (nSPS) is 26.7. The number of nitrogens with one attached hydrogen (secondary N) is 1. The molecular weight excluding hydrogens is 340 g/mol. The van der Waals surface area contributed by atoms with Crippen LogP contribution in [0.15, 0.2) is 4.79 Å². The maximum absolute atomic E-state index is 12.8. The average Bonchev–Trinajstić information content (AvgIpc) is 3.29. The van der Waals surface area contributed by atoms with Gasteiger partial charge in [0.2, 0.25) is 0 Å². The Morgan fingerprint density at radius 2 is 1.93 bits per heavy atom. The average molecular weight is 373 g/mol. The summed E-state index contributed by atoms with van der Waals surface area (Å²) in [5, 5.41) is 4.80. The highest BCUT2D eigenvalue weighted by Crippen LogP contribution is 2.43. The summed E-state index contributed by atoms with van der Waals surface area (Å²) in [6, 6.07) is 0. The zero-order chi connectivity index (χ0) is 19.2. The van der Waals surface area contributed by atoms with Gasteiger partial charge in [0.05, 0.1) is 5.69 Å². The molecule has 1 unspecified atom stereocenters. The van der Waals surface area contributed by atoms with Crippen LogP contribution >= 0.6 is 0 Å². The third-order valence-corrected chi connectivity index (χ3v) is 6.50. The van der Waals surface area contributed by atoms with Crippen molar-refractivity contribution in [3.8, 4) is 0 Å². The summed E-state index contributed by atoms with van der Waals surface area (Å²) in [5.74, 6) is 2.75. The molecule has 4 rings (SSSR count). The second-order valence-electron chi connectivity index (χ2n) is 9.29. The zero-order valence-electron chi connectivity index (χ0n) is 17.0. The number of ether oxygens (including phenoxy) is 1. The van der Waals surface area contributed by atoms with Gasteiger partial charge >= 0.3 is 0 Å². The van der Waals surface area contributed by atoms with Crippen LogP contribution in [0.4, 0.5) is 0 Å². The van der Waals surface area contributed by atoms with Crippen molar-refractivity contribution >= 4 is 5.52 Å². The molecule has 2 aromatic heterocycles. The van der Waals surface area contributed by atoms with Gasteiger partial charge in [0.1, 0.15) is 11.9 Å². The summed E-state index contributed by atoms with van der Waals surface area (Å²) >= 11 is 0. The number of nitrogens with zero attached hydrogens (tertiary/aromatic N) is 3. The van der Waals surface area contributed by atoms with Crippen molar-refractivity contribution in [3.05, 3.63) is 27.7 Å². The Morgan fingerprint density at radius 1 is 1.19 bits per heavy atom. The molecule has 1 saturated heterocycles. The number of aryl methyl sites for hydroxylation is 1. The lowest BCUT2D eigenvalue weighted by Gasteiger charge is -2.36. The van der Waals surface area contributed by atoms with Crippen LogP contribution in [0.25, 0.3) is 5.52 Å². The molecule has 2 fully saturated rings. The first kappa shape index (κ1) is 18.7. The maximum Gasteiger partial charge on any atom is 0.277 e. The third kappa shape index (κ3) is 3.44. The molecule has 27 heavy (non-hydrogen) atoms. The highest BCUT2D eigenvalue weighted by Gasteiger charge is 2.33. The van der Waals surface area contributed by atoms with E-state index in [1.165, 1.54) is 12.8 Å². The monoisotopic (exact) mass is 372 g/mol. The van der Waals surface area contributed by atoms with Crippen LogP contribution in [-0.2, 0) is 11.2 Å². The van der Waals surface area contributed by atoms with Crippen LogP contribution in [-0.4, -0.2) is 26.2 Å². The van der Waals surface area contributed by atoms with Gasteiger partial charge in [0.25, 0.3) is 5.56 Å². The van der Waals surface area contributed by atoms with Crippen molar-refractivity contribution in [1.29, 1.82) is 0 Å². The molecule has 2 aromatic rings. The van der Waals surface area contributed by atoms with Crippen LogP contribution in [0.3, 0.4) is 0 Å². The highest BCUT2D eigenvalue weighted by atomic mass is 16.5. The first-order valence-corrected chi connectivity index (χ1v) is 10.5. The van der Waals surface area contributed by atoms with E-state index >= 15 is 0 Å². The summed E-state index contributed by atoms with van der Waals surface area (Å²) in [7, 11) is 0. The van der Waals surface area contributed by atoms with E-state index in [4.69, 9.17) is 14.8 Å². The Kier molecular flexibility index (Phi) is 4.87. The van der Waals surface area contributed by atoms with Gasteiger partial charge in [0, 0.05) is 12.5 Å². The second-order valence-corrected chi connectivity index (χ2v) is 9.29. The largest absolute Gasteiger partial charge is 0.370 e. The summed E-state index contributed by atoms with van der Waals surface area (Å²) in [5.41, 5.74) is 1.74. The van der Waals surface area contributed by atoms with Crippen molar-refractivity contribution < 1.29 is 4.74 Å². The van der Waals surface area contributed by atoms with Crippen LogP contribution < -0.4 is 5.56 Å². The van der Waals surface area contributed by atoms with Crippen molar-refractivity contribution in [2.45, 2.75) is 84.7 Å². The predicted molar refractivity (Wildman–Crippen MR) is 105 cm³/mol. The smallest absolute Gasteiger partial charge is 0.277 e. The Bertz CT molecular complexity index is 863. The van der Waals surface area contributed by atoms with Gasteiger partial charge in [-0.1, -0.05) is 27.7 Å². The molecule has 0 spiro atoms. The minimum absolute atomic E-state index is 0.0884. The molecule has 2 aliphatic rings. The van der Waals surface area contributed by atoms with Crippen LogP contribution in [0.2, 0.25) is 0 Å². The number of H-pyrrole nitrogens is 1. The molecule has 1 saturated carbocycles. The Hall–Kier alpha value is -1.69. The fourth-order valence-electron chi connectivity index (χ4n) is 4.78. The number of fused-ring (bicyclic) bond motifs is 1. The molecule has 1 aliphatic carbocycles. The molecular formula is C21H32N4O2.